The van der Waals surface area contributed by atoms with Gasteiger partial charge in [-0.05, 0) is 38.1 Å². The van der Waals surface area contributed by atoms with Crippen LogP contribution in [0.25, 0.3) is 22.9 Å². The molecule has 29 heavy (non-hydrogen) atoms. The maximum absolute atomic E-state index is 10.7. The second-order valence-electron chi connectivity index (χ2n) is 6.34. The highest BCUT2D eigenvalue weighted by molar-refractivity contribution is 7.98. The van der Waals surface area contributed by atoms with Crippen LogP contribution in [0.3, 0.4) is 0 Å². The van der Waals surface area contributed by atoms with Crippen molar-refractivity contribution in [3.8, 4) is 22.9 Å². The summed E-state index contributed by atoms with van der Waals surface area (Å²) in [6.07, 6.45) is 0. The Morgan fingerprint density at radius 3 is 2.24 bits per heavy atom. The van der Waals surface area contributed by atoms with Crippen LogP contribution in [0, 0.1) is 24.0 Å². The molecule has 2 heterocycles. The molecule has 0 bridgehead atoms. The van der Waals surface area contributed by atoms with E-state index < -0.39 is 4.92 Å². The van der Waals surface area contributed by atoms with E-state index >= 15 is 0 Å². The Labute approximate surface area is 169 Å². The van der Waals surface area contributed by atoms with Gasteiger partial charge in [-0.3, -0.25) is 10.1 Å². The maximum atomic E-state index is 10.7. The average Bonchev–Trinajstić information content (AvgIpc) is 3.35. The summed E-state index contributed by atoms with van der Waals surface area (Å²) in [6.45, 7) is 4.03. The molecule has 0 saturated carbocycles. The fourth-order valence-corrected chi connectivity index (χ4v) is 3.36. The van der Waals surface area contributed by atoms with Crippen molar-refractivity contribution in [2.75, 3.05) is 0 Å². The van der Waals surface area contributed by atoms with E-state index in [-0.39, 0.29) is 11.6 Å². The number of nitro benzene ring substituents is 1. The Hall–Kier alpha value is -3.53. The van der Waals surface area contributed by atoms with Crippen molar-refractivity contribution in [2.45, 2.75) is 24.8 Å². The molecule has 4 rings (SSSR count). The Kier molecular flexibility index (Phi) is 5.09. The predicted molar refractivity (Wildman–Crippen MR) is 105 cm³/mol. The predicted octanol–water partition coefficient (Wildman–Crippen LogP) is 4.60. The molecule has 4 aromatic rings. The van der Waals surface area contributed by atoms with Crippen LogP contribution in [0.15, 0.2) is 56.5 Å². The van der Waals surface area contributed by atoms with Gasteiger partial charge in [0.1, 0.15) is 0 Å². The molecule has 0 spiro atoms. The van der Waals surface area contributed by atoms with Crippen LogP contribution in [-0.4, -0.2) is 25.3 Å². The van der Waals surface area contributed by atoms with Crippen LogP contribution in [-0.2, 0) is 5.75 Å². The van der Waals surface area contributed by atoms with Gasteiger partial charge in [0.15, 0.2) is 0 Å². The maximum Gasteiger partial charge on any atom is 0.277 e. The number of non-ortho nitro benzene ring substituents is 1. The van der Waals surface area contributed by atoms with Crippen molar-refractivity contribution in [1.82, 2.24) is 20.4 Å². The van der Waals surface area contributed by atoms with Crippen molar-refractivity contribution in [2.24, 2.45) is 0 Å². The zero-order valence-corrected chi connectivity index (χ0v) is 16.3. The number of nitro groups is 1. The molecule has 2 aromatic carbocycles. The molecule has 0 amide bonds. The van der Waals surface area contributed by atoms with Gasteiger partial charge in [0, 0.05) is 23.3 Å². The lowest BCUT2D eigenvalue weighted by Crippen LogP contribution is -1.87. The molecule has 0 aliphatic heterocycles. The average molecular weight is 409 g/mol. The van der Waals surface area contributed by atoms with Crippen molar-refractivity contribution in [3.05, 3.63) is 69.6 Å². The van der Waals surface area contributed by atoms with Gasteiger partial charge in [-0.1, -0.05) is 29.0 Å². The minimum atomic E-state index is -0.462. The Morgan fingerprint density at radius 2 is 1.55 bits per heavy atom. The molecule has 0 saturated heterocycles. The topological polar surface area (TPSA) is 121 Å². The molecule has 0 N–H and O–H groups in total. The van der Waals surface area contributed by atoms with E-state index in [9.17, 15) is 10.1 Å². The second kappa shape index (κ2) is 7.84. The molecule has 9 nitrogen and oxygen atoms in total. The first-order chi connectivity index (χ1) is 14.0. The largest absolute Gasteiger partial charge is 0.420 e. The van der Waals surface area contributed by atoms with Gasteiger partial charge in [-0.2, -0.15) is 0 Å². The van der Waals surface area contributed by atoms with Crippen molar-refractivity contribution < 1.29 is 13.8 Å². The zero-order chi connectivity index (χ0) is 20.4. The lowest BCUT2D eigenvalue weighted by atomic mass is 10.1. The molecule has 0 aliphatic rings. The first-order valence-electron chi connectivity index (χ1n) is 8.60. The van der Waals surface area contributed by atoms with E-state index in [2.05, 4.69) is 26.5 Å². The summed E-state index contributed by atoms with van der Waals surface area (Å²) >= 11 is 1.29. The summed E-state index contributed by atoms with van der Waals surface area (Å²) in [5.74, 6) is 1.48. The minimum absolute atomic E-state index is 0.0000424. The van der Waals surface area contributed by atoms with Gasteiger partial charge in [-0.25, -0.2) is 0 Å². The summed E-state index contributed by atoms with van der Waals surface area (Å²) in [6, 6.07) is 12.0. The minimum Gasteiger partial charge on any atom is -0.420 e. The second-order valence-corrected chi connectivity index (χ2v) is 7.27. The highest BCUT2D eigenvalue weighted by atomic mass is 32.2. The number of hydrogen-bond acceptors (Lipinski definition) is 9. The number of hydrogen-bond donors (Lipinski definition) is 0. The number of thioether (sulfide) groups is 1. The highest BCUT2D eigenvalue weighted by Crippen LogP contribution is 2.28. The molecule has 0 atom stereocenters. The van der Waals surface area contributed by atoms with Gasteiger partial charge in [0.2, 0.25) is 17.7 Å². The normalized spacial score (nSPS) is 11.0. The standard InChI is InChI=1S/C19H15N5O4S/c1-11-7-12(2)9-14(8-11)18-22-23-19(28-18)29-10-16-20-21-17(27-16)13-3-5-15(6-4-13)24(25)26/h3-9H,10H2,1-2H3. The van der Waals surface area contributed by atoms with E-state index in [0.29, 0.717) is 28.3 Å². The quantitative estimate of drug-likeness (QED) is 0.255. The fourth-order valence-electron chi connectivity index (χ4n) is 2.76. The summed E-state index contributed by atoms with van der Waals surface area (Å²) in [4.78, 5) is 10.3. The number of nitrogens with zero attached hydrogens (tertiary/aromatic N) is 5. The Balaban J connectivity index is 1.42. The first kappa shape index (κ1) is 18.8. The smallest absolute Gasteiger partial charge is 0.277 e. The monoisotopic (exact) mass is 409 g/mol. The van der Waals surface area contributed by atoms with Crippen LogP contribution in [0.5, 0.6) is 0 Å². The molecule has 146 valence electrons. The summed E-state index contributed by atoms with van der Waals surface area (Å²) in [7, 11) is 0. The molecule has 10 heteroatoms. The number of aromatic nitrogens is 4. The van der Waals surface area contributed by atoms with Gasteiger partial charge in [-0.15, -0.1) is 20.4 Å². The van der Waals surface area contributed by atoms with E-state index in [1.54, 1.807) is 12.1 Å². The van der Waals surface area contributed by atoms with Crippen LogP contribution in [0.4, 0.5) is 5.69 Å². The Morgan fingerprint density at radius 1 is 0.897 bits per heavy atom. The zero-order valence-electron chi connectivity index (χ0n) is 15.5. The van der Waals surface area contributed by atoms with Crippen molar-refractivity contribution in [1.29, 1.82) is 0 Å². The van der Waals surface area contributed by atoms with Crippen LogP contribution in [0.2, 0.25) is 0 Å². The molecule has 2 aromatic heterocycles. The number of rotatable bonds is 6. The summed E-state index contributed by atoms with van der Waals surface area (Å²) < 4.78 is 11.3. The van der Waals surface area contributed by atoms with Crippen LogP contribution in [0.1, 0.15) is 17.0 Å². The van der Waals surface area contributed by atoms with Crippen molar-refractivity contribution in [3.63, 3.8) is 0 Å². The lowest BCUT2D eigenvalue weighted by Gasteiger charge is -1.99. The van der Waals surface area contributed by atoms with Crippen LogP contribution >= 0.6 is 11.8 Å². The third kappa shape index (κ3) is 4.32. The van der Waals surface area contributed by atoms with Crippen LogP contribution < -0.4 is 0 Å². The SMILES string of the molecule is Cc1cc(C)cc(-c2nnc(SCc3nnc(-c4ccc([N+](=O)[O-])cc4)o3)o2)c1. The molecule has 0 radical (unpaired) electrons. The van der Waals surface area contributed by atoms with Gasteiger partial charge in [0.25, 0.3) is 10.9 Å². The van der Waals surface area contributed by atoms with Gasteiger partial charge >= 0.3 is 0 Å². The first-order valence-corrected chi connectivity index (χ1v) is 9.59. The third-order valence-electron chi connectivity index (χ3n) is 3.99. The van der Waals surface area contributed by atoms with E-state index in [1.807, 2.05) is 26.0 Å². The number of aryl methyl sites for hydroxylation is 2. The molecule has 0 fully saturated rings. The molecular formula is C19H15N5O4S. The summed E-state index contributed by atoms with van der Waals surface area (Å²) in [5, 5.41) is 27.2. The van der Waals surface area contributed by atoms with Crippen molar-refractivity contribution >= 4 is 17.4 Å². The molecular weight excluding hydrogens is 394 g/mol. The van der Waals surface area contributed by atoms with Gasteiger partial charge in [0.05, 0.1) is 10.7 Å². The van der Waals surface area contributed by atoms with Gasteiger partial charge < -0.3 is 8.83 Å². The highest BCUT2D eigenvalue weighted by Gasteiger charge is 2.14. The third-order valence-corrected chi connectivity index (χ3v) is 4.79. The fraction of sp³-hybridized carbons (Fsp3) is 0.158. The molecule has 0 unspecified atom stereocenters. The van der Waals surface area contributed by atoms with E-state index in [1.165, 1.54) is 23.9 Å². The van der Waals surface area contributed by atoms with E-state index in [4.69, 9.17) is 8.83 Å². The summed E-state index contributed by atoms with van der Waals surface area (Å²) in [5.41, 5.74) is 3.73. The Bertz CT molecular complexity index is 1150. The number of benzene rings is 2. The molecule has 0 aliphatic carbocycles. The lowest BCUT2D eigenvalue weighted by molar-refractivity contribution is -0.384. The van der Waals surface area contributed by atoms with E-state index in [0.717, 1.165) is 16.7 Å².